The van der Waals surface area contributed by atoms with E-state index in [2.05, 4.69) is 23.3 Å². The van der Waals surface area contributed by atoms with Gasteiger partial charge in [-0.1, -0.05) is 30.9 Å². The summed E-state index contributed by atoms with van der Waals surface area (Å²) in [5.74, 6) is 0.825. The quantitative estimate of drug-likeness (QED) is 0.601. The Morgan fingerprint density at radius 3 is 2.79 bits per heavy atom. The van der Waals surface area contributed by atoms with Gasteiger partial charge in [-0.05, 0) is 67.7 Å². The summed E-state index contributed by atoms with van der Waals surface area (Å²) in [5, 5.41) is 5.23. The van der Waals surface area contributed by atoms with Crippen LogP contribution in [0.5, 0.6) is 0 Å². The van der Waals surface area contributed by atoms with Crippen molar-refractivity contribution in [2.45, 2.75) is 58.2 Å². The average Bonchev–Trinajstić information content (AvgIpc) is 3.22. The van der Waals surface area contributed by atoms with Crippen LogP contribution in [0.15, 0.2) is 51.9 Å². The number of rotatable bonds is 5. The van der Waals surface area contributed by atoms with Crippen LogP contribution in [0.1, 0.15) is 49.0 Å². The van der Waals surface area contributed by atoms with Crippen LogP contribution < -0.4 is 10.9 Å². The van der Waals surface area contributed by atoms with Crippen molar-refractivity contribution < 1.29 is 4.42 Å². The van der Waals surface area contributed by atoms with E-state index in [1.165, 1.54) is 19.3 Å². The van der Waals surface area contributed by atoms with E-state index in [1.807, 2.05) is 35.2 Å². The number of hydrogen-bond donors (Lipinski definition) is 2. The van der Waals surface area contributed by atoms with Gasteiger partial charge in [-0.15, -0.1) is 0 Å². The van der Waals surface area contributed by atoms with Crippen molar-refractivity contribution in [1.29, 1.82) is 0 Å². The summed E-state index contributed by atoms with van der Waals surface area (Å²) in [6.07, 6.45) is 7.73. The molecule has 2 N–H and O–H groups in total. The molecule has 0 spiro atoms. The first kappa shape index (κ1) is 19.7. The Balaban J connectivity index is 1.58. The van der Waals surface area contributed by atoms with Crippen LogP contribution in [0.2, 0.25) is 0 Å². The Morgan fingerprint density at radius 1 is 1.21 bits per heavy atom. The summed E-state index contributed by atoms with van der Waals surface area (Å²) in [4.78, 5) is 17.7. The van der Waals surface area contributed by atoms with Gasteiger partial charge in [-0.3, -0.25) is 4.79 Å². The molecule has 29 heavy (non-hydrogen) atoms. The summed E-state index contributed by atoms with van der Waals surface area (Å²) in [5.41, 5.74) is 2.64. The topological polar surface area (TPSA) is 61.3 Å². The van der Waals surface area contributed by atoms with Crippen LogP contribution in [-0.2, 0) is 13.1 Å². The summed E-state index contributed by atoms with van der Waals surface area (Å²) in [6.45, 7) is 3.01. The SMILES string of the molecule is Cc1ccc2[nH]c(=O)c(CN(Cc3ccco3)C(=S)NC3CCCCC3)cc2c1. The number of fused-ring (bicyclic) bond motifs is 1. The summed E-state index contributed by atoms with van der Waals surface area (Å²) < 4.78 is 5.54. The number of benzene rings is 1. The number of aromatic nitrogens is 1. The number of pyridine rings is 1. The van der Waals surface area contributed by atoms with Gasteiger partial charge in [0.05, 0.1) is 19.4 Å². The molecule has 0 radical (unpaired) electrons. The van der Waals surface area contributed by atoms with Crippen molar-refractivity contribution >= 4 is 28.2 Å². The van der Waals surface area contributed by atoms with Crippen molar-refractivity contribution in [3.63, 3.8) is 0 Å². The Bertz CT molecular complexity index is 1040. The smallest absolute Gasteiger partial charge is 0.253 e. The van der Waals surface area contributed by atoms with Gasteiger partial charge in [-0.25, -0.2) is 0 Å². The lowest BCUT2D eigenvalue weighted by Crippen LogP contribution is -2.45. The Morgan fingerprint density at radius 2 is 2.03 bits per heavy atom. The predicted octanol–water partition coefficient (Wildman–Crippen LogP) is 4.64. The lowest BCUT2D eigenvalue weighted by atomic mass is 9.96. The lowest BCUT2D eigenvalue weighted by Gasteiger charge is -2.30. The van der Waals surface area contributed by atoms with Gasteiger partial charge in [0.25, 0.3) is 5.56 Å². The number of aryl methyl sites for hydroxylation is 1. The molecule has 1 aliphatic carbocycles. The zero-order valence-corrected chi connectivity index (χ0v) is 17.6. The average molecular weight is 410 g/mol. The van der Waals surface area contributed by atoms with E-state index in [0.29, 0.717) is 29.8 Å². The van der Waals surface area contributed by atoms with Crippen LogP contribution in [0, 0.1) is 6.92 Å². The first-order valence-electron chi connectivity index (χ1n) is 10.3. The van der Waals surface area contributed by atoms with E-state index >= 15 is 0 Å². The van der Waals surface area contributed by atoms with Crippen LogP contribution in [0.25, 0.3) is 10.9 Å². The molecule has 1 fully saturated rings. The Hall–Kier alpha value is -2.60. The zero-order chi connectivity index (χ0) is 20.2. The van der Waals surface area contributed by atoms with Gasteiger partial charge in [0.15, 0.2) is 5.11 Å². The fourth-order valence-electron chi connectivity index (χ4n) is 4.00. The fourth-order valence-corrected chi connectivity index (χ4v) is 4.29. The van der Waals surface area contributed by atoms with Crippen LogP contribution in [-0.4, -0.2) is 21.0 Å². The number of thiocarbonyl (C=S) groups is 1. The molecule has 0 bridgehead atoms. The van der Waals surface area contributed by atoms with E-state index in [1.54, 1.807) is 6.26 Å². The maximum atomic E-state index is 12.7. The molecular weight excluding hydrogens is 382 g/mol. The molecule has 5 nitrogen and oxygen atoms in total. The highest BCUT2D eigenvalue weighted by atomic mass is 32.1. The number of nitrogens with one attached hydrogen (secondary N) is 2. The van der Waals surface area contributed by atoms with Crippen molar-refractivity contribution in [3.8, 4) is 0 Å². The van der Waals surface area contributed by atoms with E-state index in [0.717, 1.165) is 35.1 Å². The summed E-state index contributed by atoms with van der Waals surface area (Å²) in [7, 11) is 0. The van der Waals surface area contributed by atoms with Gasteiger partial charge in [0.2, 0.25) is 0 Å². The zero-order valence-electron chi connectivity index (χ0n) is 16.7. The maximum absolute atomic E-state index is 12.7. The van der Waals surface area contributed by atoms with Gasteiger partial charge in [0, 0.05) is 17.1 Å². The fraction of sp³-hybridized carbons (Fsp3) is 0.391. The Labute approximate surface area is 176 Å². The van der Waals surface area contributed by atoms with Gasteiger partial charge in [-0.2, -0.15) is 0 Å². The first-order chi connectivity index (χ1) is 14.1. The molecule has 1 saturated carbocycles. The van der Waals surface area contributed by atoms with Crippen LogP contribution >= 0.6 is 12.2 Å². The van der Waals surface area contributed by atoms with Crippen molar-refractivity contribution in [2.75, 3.05) is 0 Å². The van der Waals surface area contributed by atoms with E-state index in [4.69, 9.17) is 16.6 Å². The van der Waals surface area contributed by atoms with Gasteiger partial charge >= 0.3 is 0 Å². The molecule has 1 aliphatic rings. The largest absolute Gasteiger partial charge is 0.467 e. The Kier molecular flexibility index (Phi) is 6.00. The predicted molar refractivity (Wildman–Crippen MR) is 120 cm³/mol. The number of nitrogens with zero attached hydrogens (tertiary/aromatic N) is 1. The number of hydrogen-bond acceptors (Lipinski definition) is 3. The van der Waals surface area contributed by atoms with E-state index in [9.17, 15) is 4.79 Å². The second kappa shape index (κ2) is 8.82. The first-order valence-corrected chi connectivity index (χ1v) is 10.7. The second-order valence-corrected chi connectivity index (χ2v) is 8.32. The van der Waals surface area contributed by atoms with E-state index in [-0.39, 0.29) is 5.56 Å². The van der Waals surface area contributed by atoms with Crippen molar-refractivity contribution in [3.05, 3.63) is 69.9 Å². The molecule has 152 valence electrons. The third kappa shape index (κ3) is 4.88. The molecule has 6 heteroatoms. The third-order valence-electron chi connectivity index (χ3n) is 5.58. The standard InChI is InChI=1S/C23H27N3O2S/c1-16-9-10-21-17(12-16)13-18(22(27)25-21)14-26(15-20-8-5-11-28-20)23(29)24-19-6-3-2-4-7-19/h5,8-13,19H,2-4,6-7,14-15H2,1H3,(H,24,29)(H,25,27). The summed E-state index contributed by atoms with van der Waals surface area (Å²) in [6, 6.07) is 12.2. The monoisotopic (exact) mass is 409 g/mol. The molecule has 0 unspecified atom stereocenters. The molecular formula is C23H27N3O2S. The van der Waals surface area contributed by atoms with Crippen molar-refractivity contribution in [2.24, 2.45) is 0 Å². The molecule has 2 heterocycles. The van der Waals surface area contributed by atoms with Crippen LogP contribution in [0.4, 0.5) is 0 Å². The number of aromatic amines is 1. The second-order valence-electron chi connectivity index (χ2n) is 7.93. The van der Waals surface area contributed by atoms with Gasteiger partial charge < -0.3 is 19.6 Å². The van der Waals surface area contributed by atoms with Gasteiger partial charge in [0.1, 0.15) is 5.76 Å². The molecule has 0 aliphatic heterocycles. The molecule has 0 saturated heterocycles. The minimum absolute atomic E-state index is 0.0775. The highest BCUT2D eigenvalue weighted by Gasteiger charge is 2.19. The molecule has 4 rings (SSSR count). The minimum atomic E-state index is -0.0775. The maximum Gasteiger partial charge on any atom is 0.253 e. The third-order valence-corrected chi connectivity index (χ3v) is 5.96. The number of furan rings is 1. The molecule has 0 atom stereocenters. The lowest BCUT2D eigenvalue weighted by molar-refractivity contribution is 0.334. The normalized spacial score (nSPS) is 14.8. The number of H-pyrrole nitrogens is 1. The molecule has 0 amide bonds. The highest BCUT2D eigenvalue weighted by molar-refractivity contribution is 7.80. The van der Waals surface area contributed by atoms with Crippen LogP contribution in [0.3, 0.4) is 0 Å². The minimum Gasteiger partial charge on any atom is -0.467 e. The molecule has 2 aromatic heterocycles. The highest BCUT2D eigenvalue weighted by Crippen LogP contribution is 2.19. The summed E-state index contributed by atoms with van der Waals surface area (Å²) >= 11 is 5.75. The van der Waals surface area contributed by atoms with Crippen molar-refractivity contribution in [1.82, 2.24) is 15.2 Å². The van der Waals surface area contributed by atoms with E-state index < -0.39 is 0 Å². The molecule has 1 aromatic carbocycles. The molecule has 3 aromatic rings.